The van der Waals surface area contributed by atoms with Crippen LogP contribution in [0.25, 0.3) is 10.9 Å². The molecule has 3 N–H and O–H groups in total. The van der Waals surface area contributed by atoms with Crippen LogP contribution < -0.4 is 5.73 Å². The average Bonchev–Trinajstić information content (AvgIpc) is 3.04. The van der Waals surface area contributed by atoms with E-state index in [2.05, 4.69) is 4.98 Å². The Kier molecular flexibility index (Phi) is 4.59. The minimum Gasteiger partial charge on any atom is -0.356 e. The molecule has 28 heavy (non-hydrogen) atoms. The highest BCUT2D eigenvalue weighted by atomic mass is 35.5. The zero-order valence-corrected chi connectivity index (χ0v) is 15.4. The van der Waals surface area contributed by atoms with Crippen molar-refractivity contribution in [2.75, 3.05) is 13.1 Å². The zero-order valence-electron chi connectivity index (χ0n) is 14.7. The van der Waals surface area contributed by atoms with Gasteiger partial charge in [-0.3, -0.25) is 4.79 Å². The molecule has 1 aromatic heterocycles. The fourth-order valence-corrected chi connectivity index (χ4v) is 3.97. The molecule has 3 aromatic rings. The number of nitrogens with one attached hydrogen (secondary N) is 1. The summed E-state index contributed by atoms with van der Waals surface area (Å²) in [4.78, 5) is 17.9. The SMILES string of the molecule is NCC1c2[nH]c3ccc(Cl)cc3c2CCN1C(=O)c1ccc(C(F)(F)F)cc1. The first kappa shape index (κ1) is 18.8. The second-order valence-electron chi connectivity index (χ2n) is 6.78. The first-order valence-corrected chi connectivity index (χ1v) is 9.15. The summed E-state index contributed by atoms with van der Waals surface area (Å²) in [5, 5.41) is 1.63. The van der Waals surface area contributed by atoms with E-state index < -0.39 is 11.7 Å². The third kappa shape index (κ3) is 3.14. The van der Waals surface area contributed by atoms with Crippen molar-refractivity contribution in [1.82, 2.24) is 9.88 Å². The van der Waals surface area contributed by atoms with Crippen LogP contribution in [0.2, 0.25) is 5.02 Å². The van der Waals surface area contributed by atoms with Crippen LogP contribution in [0, 0.1) is 0 Å². The monoisotopic (exact) mass is 407 g/mol. The number of aromatic nitrogens is 1. The Bertz CT molecular complexity index is 1040. The lowest BCUT2D eigenvalue weighted by Crippen LogP contribution is -2.43. The summed E-state index contributed by atoms with van der Waals surface area (Å²) in [5.74, 6) is -0.341. The van der Waals surface area contributed by atoms with E-state index in [4.69, 9.17) is 17.3 Å². The minimum atomic E-state index is -4.44. The fourth-order valence-electron chi connectivity index (χ4n) is 3.79. The summed E-state index contributed by atoms with van der Waals surface area (Å²) in [5.41, 5.74) is 8.23. The quantitative estimate of drug-likeness (QED) is 0.655. The second kappa shape index (κ2) is 6.83. The van der Waals surface area contributed by atoms with Crippen molar-refractivity contribution in [3.63, 3.8) is 0 Å². The number of hydrogen-bond donors (Lipinski definition) is 2. The van der Waals surface area contributed by atoms with Crippen LogP contribution in [0.3, 0.4) is 0 Å². The minimum absolute atomic E-state index is 0.194. The molecule has 8 heteroatoms. The summed E-state index contributed by atoms with van der Waals surface area (Å²) >= 11 is 6.11. The van der Waals surface area contributed by atoms with Gasteiger partial charge >= 0.3 is 6.18 Å². The topological polar surface area (TPSA) is 62.1 Å². The van der Waals surface area contributed by atoms with Crippen molar-refractivity contribution in [2.45, 2.75) is 18.6 Å². The predicted molar refractivity (Wildman–Crippen MR) is 101 cm³/mol. The zero-order chi connectivity index (χ0) is 20.1. The van der Waals surface area contributed by atoms with E-state index in [0.29, 0.717) is 18.0 Å². The fraction of sp³-hybridized carbons (Fsp3) is 0.250. The molecule has 146 valence electrons. The van der Waals surface area contributed by atoms with Gasteiger partial charge in [-0.05, 0) is 54.4 Å². The predicted octanol–water partition coefficient (Wildman–Crippen LogP) is 4.54. The van der Waals surface area contributed by atoms with Crippen molar-refractivity contribution in [1.29, 1.82) is 0 Å². The summed E-state index contributed by atoms with van der Waals surface area (Å²) in [7, 11) is 0. The number of fused-ring (bicyclic) bond motifs is 3. The maximum absolute atomic E-state index is 13.0. The van der Waals surface area contributed by atoms with Gasteiger partial charge in [-0.15, -0.1) is 0 Å². The van der Waals surface area contributed by atoms with Gasteiger partial charge in [0.25, 0.3) is 5.91 Å². The smallest absolute Gasteiger partial charge is 0.356 e. The van der Waals surface area contributed by atoms with E-state index >= 15 is 0 Å². The van der Waals surface area contributed by atoms with E-state index in [1.165, 1.54) is 12.1 Å². The molecule has 0 spiro atoms. The van der Waals surface area contributed by atoms with Crippen molar-refractivity contribution in [3.05, 3.63) is 69.9 Å². The Balaban J connectivity index is 1.67. The van der Waals surface area contributed by atoms with Gasteiger partial charge < -0.3 is 15.6 Å². The average molecular weight is 408 g/mol. The van der Waals surface area contributed by atoms with Gasteiger partial charge in [0.05, 0.1) is 11.6 Å². The molecular weight excluding hydrogens is 391 g/mol. The molecular formula is C20H17ClF3N3O. The molecule has 4 nitrogen and oxygen atoms in total. The van der Waals surface area contributed by atoms with E-state index in [0.717, 1.165) is 34.3 Å². The van der Waals surface area contributed by atoms with Crippen LogP contribution in [0.1, 0.15) is 33.2 Å². The number of halogens is 4. The number of hydrogen-bond acceptors (Lipinski definition) is 2. The van der Waals surface area contributed by atoms with E-state index in [-0.39, 0.29) is 24.1 Å². The molecule has 1 unspecified atom stereocenters. The second-order valence-corrected chi connectivity index (χ2v) is 7.22. The number of amides is 1. The first-order chi connectivity index (χ1) is 13.3. The third-order valence-corrected chi connectivity index (χ3v) is 5.39. The maximum Gasteiger partial charge on any atom is 0.416 e. The lowest BCUT2D eigenvalue weighted by atomic mass is 9.96. The number of rotatable bonds is 2. The van der Waals surface area contributed by atoms with Crippen LogP contribution in [-0.2, 0) is 12.6 Å². The van der Waals surface area contributed by atoms with Crippen LogP contribution in [-0.4, -0.2) is 28.9 Å². The summed E-state index contributed by atoms with van der Waals surface area (Å²) in [6, 6.07) is 9.42. The number of benzene rings is 2. The molecule has 0 saturated carbocycles. The Morgan fingerprint density at radius 3 is 2.57 bits per heavy atom. The molecule has 1 aliphatic heterocycles. The highest BCUT2D eigenvalue weighted by Gasteiger charge is 2.34. The largest absolute Gasteiger partial charge is 0.416 e. The summed E-state index contributed by atoms with van der Waals surface area (Å²) in [6.45, 7) is 0.619. The number of H-pyrrole nitrogens is 1. The standard InChI is InChI=1S/C20H17ClF3N3O/c21-13-5-6-16-15(9-13)14-7-8-27(17(10-25)18(14)26-16)19(28)11-1-3-12(4-2-11)20(22,23)24/h1-6,9,17,26H,7-8,10,25H2. The number of alkyl halides is 3. The molecule has 0 bridgehead atoms. The first-order valence-electron chi connectivity index (χ1n) is 8.78. The Labute approximate surface area is 164 Å². The molecule has 4 rings (SSSR count). The van der Waals surface area contributed by atoms with Crippen molar-refractivity contribution in [2.24, 2.45) is 5.73 Å². The van der Waals surface area contributed by atoms with Crippen molar-refractivity contribution in [3.8, 4) is 0 Å². The molecule has 0 radical (unpaired) electrons. The molecule has 1 amide bonds. The van der Waals surface area contributed by atoms with Gasteiger partial charge in [0, 0.05) is 40.3 Å². The Morgan fingerprint density at radius 1 is 1.21 bits per heavy atom. The molecule has 0 saturated heterocycles. The van der Waals surface area contributed by atoms with Crippen LogP contribution >= 0.6 is 11.6 Å². The molecule has 0 aliphatic carbocycles. The van der Waals surface area contributed by atoms with Gasteiger partial charge in [-0.2, -0.15) is 13.2 Å². The molecule has 0 fully saturated rings. The molecule has 1 atom stereocenters. The van der Waals surface area contributed by atoms with Crippen molar-refractivity contribution < 1.29 is 18.0 Å². The van der Waals surface area contributed by atoms with Crippen molar-refractivity contribution >= 4 is 28.4 Å². The molecule has 2 heterocycles. The lowest BCUT2D eigenvalue weighted by Gasteiger charge is -2.35. The van der Waals surface area contributed by atoms with Crippen LogP contribution in [0.5, 0.6) is 0 Å². The number of aromatic amines is 1. The molecule has 2 aromatic carbocycles. The van der Waals surface area contributed by atoms with Gasteiger partial charge in [0.1, 0.15) is 0 Å². The number of carbonyl (C=O) groups is 1. The Morgan fingerprint density at radius 2 is 1.93 bits per heavy atom. The third-order valence-electron chi connectivity index (χ3n) is 5.16. The van der Waals surface area contributed by atoms with E-state index in [1.807, 2.05) is 12.1 Å². The highest BCUT2D eigenvalue weighted by molar-refractivity contribution is 6.31. The van der Waals surface area contributed by atoms with Gasteiger partial charge in [-0.25, -0.2) is 0 Å². The van der Waals surface area contributed by atoms with Crippen LogP contribution in [0.4, 0.5) is 13.2 Å². The number of nitrogens with two attached hydrogens (primary N) is 1. The lowest BCUT2D eigenvalue weighted by molar-refractivity contribution is -0.137. The highest BCUT2D eigenvalue weighted by Crippen LogP contribution is 2.36. The van der Waals surface area contributed by atoms with Gasteiger partial charge in [0.2, 0.25) is 0 Å². The van der Waals surface area contributed by atoms with E-state index in [9.17, 15) is 18.0 Å². The van der Waals surface area contributed by atoms with Crippen LogP contribution in [0.15, 0.2) is 42.5 Å². The number of nitrogens with zero attached hydrogens (tertiary/aromatic N) is 1. The summed E-state index contributed by atoms with van der Waals surface area (Å²) in [6.07, 6.45) is -3.83. The maximum atomic E-state index is 13.0. The Hall–Kier alpha value is -2.51. The van der Waals surface area contributed by atoms with E-state index in [1.54, 1.807) is 11.0 Å². The normalized spacial score (nSPS) is 17.0. The van der Waals surface area contributed by atoms with Gasteiger partial charge in [0.15, 0.2) is 0 Å². The molecule has 1 aliphatic rings. The van der Waals surface area contributed by atoms with Gasteiger partial charge in [-0.1, -0.05) is 11.6 Å². The summed E-state index contributed by atoms with van der Waals surface area (Å²) < 4.78 is 38.3. The number of carbonyl (C=O) groups excluding carboxylic acids is 1.